The van der Waals surface area contributed by atoms with Gasteiger partial charge in [0.25, 0.3) is 0 Å². The van der Waals surface area contributed by atoms with Gasteiger partial charge in [-0.2, -0.15) is 0 Å². The van der Waals surface area contributed by atoms with E-state index in [0.717, 1.165) is 6.54 Å². The van der Waals surface area contributed by atoms with Crippen molar-refractivity contribution in [2.45, 2.75) is 33.4 Å². The third kappa shape index (κ3) is 3.81. The van der Waals surface area contributed by atoms with Gasteiger partial charge in [0.2, 0.25) is 5.88 Å². The molecule has 3 nitrogen and oxygen atoms in total. The van der Waals surface area contributed by atoms with E-state index in [-0.39, 0.29) is 0 Å². The first-order valence-electron chi connectivity index (χ1n) is 6.89. The highest BCUT2D eigenvalue weighted by molar-refractivity contribution is 5.30. The summed E-state index contributed by atoms with van der Waals surface area (Å²) in [5, 5.41) is 3.54. The summed E-state index contributed by atoms with van der Waals surface area (Å²) in [6, 6.07) is 10.9. The van der Waals surface area contributed by atoms with Crippen LogP contribution < -0.4 is 10.1 Å². The zero-order valence-electron chi connectivity index (χ0n) is 12.6. The summed E-state index contributed by atoms with van der Waals surface area (Å²) >= 11 is 0. The highest BCUT2D eigenvalue weighted by Crippen LogP contribution is 2.17. The van der Waals surface area contributed by atoms with Gasteiger partial charge < -0.3 is 10.1 Å². The number of benzene rings is 1. The second-order valence-electron chi connectivity index (χ2n) is 5.23. The predicted molar refractivity (Wildman–Crippen MR) is 82.0 cm³/mol. The molecule has 0 spiro atoms. The molecule has 2 aromatic rings. The Kier molecular flexibility index (Phi) is 4.74. The van der Waals surface area contributed by atoms with Gasteiger partial charge in [-0.05, 0) is 38.0 Å². The van der Waals surface area contributed by atoms with Crippen molar-refractivity contribution in [2.75, 3.05) is 7.11 Å². The fourth-order valence-electron chi connectivity index (χ4n) is 2.32. The fourth-order valence-corrected chi connectivity index (χ4v) is 2.32. The summed E-state index contributed by atoms with van der Waals surface area (Å²) in [6.07, 6.45) is 1.78. The van der Waals surface area contributed by atoms with Crippen LogP contribution in [0.2, 0.25) is 0 Å². The summed E-state index contributed by atoms with van der Waals surface area (Å²) in [6.45, 7) is 7.26. The molecule has 1 unspecified atom stereocenters. The molecule has 0 aliphatic heterocycles. The number of pyridine rings is 1. The molecule has 1 N–H and O–H groups in total. The number of rotatable bonds is 5. The minimum Gasteiger partial charge on any atom is -0.481 e. The average Bonchev–Trinajstić information content (AvgIpc) is 2.44. The van der Waals surface area contributed by atoms with Gasteiger partial charge in [0, 0.05) is 24.8 Å². The first-order chi connectivity index (χ1) is 9.58. The van der Waals surface area contributed by atoms with Gasteiger partial charge in [0.05, 0.1) is 7.11 Å². The average molecular weight is 270 g/mol. The lowest BCUT2D eigenvalue weighted by atomic mass is 10.0. The van der Waals surface area contributed by atoms with Crippen LogP contribution in [0, 0.1) is 13.8 Å². The molecule has 0 saturated heterocycles. The number of hydrogen-bond acceptors (Lipinski definition) is 3. The molecule has 1 aromatic carbocycles. The van der Waals surface area contributed by atoms with E-state index in [9.17, 15) is 0 Å². The lowest BCUT2D eigenvalue weighted by molar-refractivity contribution is 0.397. The topological polar surface area (TPSA) is 34.1 Å². The molecule has 1 heterocycles. The molecule has 0 aliphatic rings. The first kappa shape index (κ1) is 14.5. The predicted octanol–water partition coefficient (Wildman–Crippen LogP) is 3.56. The zero-order chi connectivity index (χ0) is 14.5. The monoisotopic (exact) mass is 270 g/mol. The standard InChI is InChI=1S/C17H22N2O/c1-12-7-13(2)9-16(8-12)14(3)19-11-15-5-6-18-17(10-15)20-4/h5-10,14,19H,11H2,1-4H3. The van der Waals surface area contributed by atoms with E-state index < -0.39 is 0 Å². The Morgan fingerprint density at radius 2 is 1.85 bits per heavy atom. The molecule has 106 valence electrons. The maximum atomic E-state index is 5.14. The molecule has 0 bridgehead atoms. The number of methoxy groups -OCH3 is 1. The SMILES string of the molecule is COc1cc(CNC(C)c2cc(C)cc(C)c2)ccn1. The van der Waals surface area contributed by atoms with Crippen molar-refractivity contribution in [3.8, 4) is 5.88 Å². The number of aromatic nitrogens is 1. The van der Waals surface area contributed by atoms with E-state index in [1.807, 2.05) is 12.1 Å². The van der Waals surface area contributed by atoms with Gasteiger partial charge in [0.15, 0.2) is 0 Å². The number of aryl methyl sites for hydroxylation is 2. The highest BCUT2D eigenvalue weighted by atomic mass is 16.5. The number of ether oxygens (including phenoxy) is 1. The van der Waals surface area contributed by atoms with E-state index in [0.29, 0.717) is 11.9 Å². The molecule has 0 saturated carbocycles. The molecule has 0 fully saturated rings. The molecule has 3 heteroatoms. The second-order valence-corrected chi connectivity index (χ2v) is 5.23. The van der Waals surface area contributed by atoms with Crippen LogP contribution in [0.5, 0.6) is 5.88 Å². The van der Waals surface area contributed by atoms with Crippen molar-refractivity contribution >= 4 is 0 Å². The zero-order valence-corrected chi connectivity index (χ0v) is 12.6. The molecule has 2 rings (SSSR count). The Bertz CT molecular complexity index is 561. The summed E-state index contributed by atoms with van der Waals surface area (Å²) in [4.78, 5) is 4.12. The summed E-state index contributed by atoms with van der Waals surface area (Å²) < 4.78 is 5.14. The van der Waals surface area contributed by atoms with Crippen LogP contribution in [0.3, 0.4) is 0 Å². The minimum absolute atomic E-state index is 0.313. The second kappa shape index (κ2) is 6.53. The Balaban J connectivity index is 2.02. The van der Waals surface area contributed by atoms with Gasteiger partial charge in [-0.1, -0.05) is 29.3 Å². The molecule has 20 heavy (non-hydrogen) atoms. The van der Waals surface area contributed by atoms with Crippen molar-refractivity contribution in [3.63, 3.8) is 0 Å². The maximum absolute atomic E-state index is 5.14. The Hall–Kier alpha value is -1.87. The van der Waals surface area contributed by atoms with Crippen LogP contribution in [0.4, 0.5) is 0 Å². The Morgan fingerprint density at radius 1 is 1.15 bits per heavy atom. The van der Waals surface area contributed by atoms with Crippen molar-refractivity contribution < 1.29 is 4.74 Å². The molecular formula is C17H22N2O. The Morgan fingerprint density at radius 3 is 2.50 bits per heavy atom. The van der Waals surface area contributed by atoms with Gasteiger partial charge in [-0.3, -0.25) is 0 Å². The van der Waals surface area contributed by atoms with Crippen LogP contribution >= 0.6 is 0 Å². The van der Waals surface area contributed by atoms with E-state index in [4.69, 9.17) is 4.74 Å². The van der Waals surface area contributed by atoms with Gasteiger partial charge in [-0.25, -0.2) is 4.98 Å². The van der Waals surface area contributed by atoms with Crippen LogP contribution in [0.1, 0.15) is 35.2 Å². The van der Waals surface area contributed by atoms with Gasteiger partial charge >= 0.3 is 0 Å². The quantitative estimate of drug-likeness (QED) is 0.902. The summed E-state index contributed by atoms with van der Waals surface area (Å²) in [5.74, 6) is 0.656. The van der Waals surface area contributed by atoms with Crippen molar-refractivity contribution in [1.82, 2.24) is 10.3 Å². The van der Waals surface area contributed by atoms with E-state index in [1.165, 1.54) is 22.3 Å². The maximum Gasteiger partial charge on any atom is 0.213 e. The minimum atomic E-state index is 0.313. The molecule has 1 aromatic heterocycles. The van der Waals surface area contributed by atoms with E-state index >= 15 is 0 Å². The molecule has 0 radical (unpaired) electrons. The van der Waals surface area contributed by atoms with E-state index in [1.54, 1.807) is 13.3 Å². The van der Waals surface area contributed by atoms with Crippen LogP contribution in [0.15, 0.2) is 36.5 Å². The van der Waals surface area contributed by atoms with Crippen LogP contribution in [-0.2, 0) is 6.54 Å². The molecule has 1 atom stereocenters. The van der Waals surface area contributed by atoms with Gasteiger partial charge in [-0.15, -0.1) is 0 Å². The first-order valence-corrected chi connectivity index (χ1v) is 6.89. The third-order valence-electron chi connectivity index (χ3n) is 3.36. The number of nitrogens with zero attached hydrogens (tertiary/aromatic N) is 1. The smallest absolute Gasteiger partial charge is 0.213 e. The van der Waals surface area contributed by atoms with Crippen molar-refractivity contribution in [1.29, 1.82) is 0 Å². The van der Waals surface area contributed by atoms with Crippen molar-refractivity contribution in [3.05, 3.63) is 58.8 Å². The lowest BCUT2D eigenvalue weighted by Gasteiger charge is -2.16. The largest absolute Gasteiger partial charge is 0.481 e. The molecular weight excluding hydrogens is 248 g/mol. The summed E-state index contributed by atoms with van der Waals surface area (Å²) in [5.41, 5.74) is 5.11. The lowest BCUT2D eigenvalue weighted by Crippen LogP contribution is -2.18. The third-order valence-corrected chi connectivity index (χ3v) is 3.36. The molecule has 0 aliphatic carbocycles. The fraction of sp³-hybridized carbons (Fsp3) is 0.353. The number of nitrogens with one attached hydrogen (secondary N) is 1. The normalized spacial score (nSPS) is 12.2. The van der Waals surface area contributed by atoms with Crippen LogP contribution in [-0.4, -0.2) is 12.1 Å². The van der Waals surface area contributed by atoms with Crippen LogP contribution in [0.25, 0.3) is 0 Å². The van der Waals surface area contributed by atoms with Crippen molar-refractivity contribution in [2.24, 2.45) is 0 Å². The van der Waals surface area contributed by atoms with E-state index in [2.05, 4.69) is 49.3 Å². The molecule has 0 amide bonds. The van der Waals surface area contributed by atoms with Gasteiger partial charge in [0.1, 0.15) is 0 Å². The Labute approximate surface area is 121 Å². The highest BCUT2D eigenvalue weighted by Gasteiger charge is 2.06. The summed E-state index contributed by atoms with van der Waals surface area (Å²) in [7, 11) is 1.64. The number of hydrogen-bond donors (Lipinski definition) is 1.